The number of hydrogen-bond acceptors (Lipinski definition) is 7. The van der Waals surface area contributed by atoms with Crippen LogP contribution in [0.5, 0.6) is 0 Å². The highest BCUT2D eigenvalue weighted by Crippen LogP contribution is 2.32. The average Bonchev–Trinajstić information content (AvgIpc) is 2.98. The highest BCUT2D eigenvalue weighted by Gasteiger charge is 2.24. The van der Waals surface area contributed by atoms with Crippen molar-refractivity contribution in [2.45, 2.75) is 12.5 Å². The van der Waals surface area contributed by atoms with E-state index in [9.17, 15) is 29.3 Å². The molecule has 11 heteroatoms. The minimum Gasteiger partial charge on any atom is -0.465 e. The van der Waals surface area contributed by atoms with Gasteiger partial charge in [-0.3, -0.25) is 24.5 Å². The molecule has 10 nitrogen and oxygen atoms in total. The summed E-state index contributed by atoms with van der Waals surface area (Å²) in [7, 11) is 1.25. The number of nitro benzene ring substituents is 1. The van der Waals surface area contributed by atoms with Gasteiger partial charge in [-0.25, -0.2) is 4.79 Å². The first-order valence-corrected chi connectivity index (χ1v) is 12.8. The second-order valence-electron chi connectivity index (χ2n) is 9.00. The monoisotopic (exact) mass is 573 g/mol. The number of halogens is 1. The van der Waals surface area contributed by atoms with Gasteiger partial charge >= 0.3 is 5.97 Å². The second-order valence-corrected chi connectivity index (χ2v) is 9.44. The largest absolute Gasteiger partial charge is 0.465 e. The van der Waals surface area contributed by atoms with Crippen LogP contribution in [0.1, 0.15) is 32.3 Å². The van der Waals surface area contributed by atoms with Crippen LogP contribution in [0.3, 0.4) is 0 Å². The number of rotatable bonds is 10. The fraction of sp³-hybridized carbons (Fsp3) is 0.133. The van der Waals surface area contributed by atoms with Gasteiger partial charge in [-0.15, -0.1) is 0 Å². The van der Waals surface area contributed by atoms with Crippen molar-refractivity contribution >= 4 is 34.9 Å². The van der Waals surface area contributed by atoms with Gasteiger partial charge in [0.1, 0.15) is 6.04 Å². The normalized spacial score (nSPS) is 11.4. The molecule has 0 bridgehead atoms. The topological polar surface area (TPSA) is 138 Å². The Hall–Kier alpha value is -5.09. The van der Waals surface area contributed by atoms with Crippen molar-refractivity contribution in [3.63, 3.8) is 0 Å². The molecule has 1 heterocycles. The van der Waals surface area contributed by atoms with E-state index in [0.717, 1.165) is 5.56 Å². The third-order valence-electron chi connectivity index (χ3n) is 6.39. The number of nitrogens with one attached hydrogen (secondary N) is 1. The van der Waals surface area contributed by atoms with E-state index in [1.807, 2.05) is 18.2 Å². The summed E-state index contributed by atoms with van der Waals surface area (Å²) >= 11 is 6.05. The van der Waals surface area contributed by atoms with E-state index in [4.69, 9.17) is 11.6 Å². The van der Waals surface area contributed by atoms with Crippen molar-refractivity contribution in [2.75, 3.05) is 13.7 Å². The number of amides is 1. The van der Waals surface area contributed by atoms with Crippen LogP contribution in [0.15, 0.2) is 95.9 Å². The van der Waals surface area contributed by atoms with Crippen LogP contribution in [0.25, 0.3) is 11.1 Å². The summed E-state index contributed by atoms with van der Waals surface area (Å²) in [5.74, 6) is -1.52. The molecular weight excluding hydrogens is 550 g/mol. The molecule has 0 fully saturated rings. The molecule has 1 unspecified atom stereocenters. The van der Waals surface area contributed by atoms with Gasteiger partial charge in [0.15, 0.2) is 5.78 Å². The van der Waals surface area contributed by atoms with Crippen LogP contribution in [0.4, 0.5) is 5.69 Å². The van der Waals surface area contributed by atoms with E-state index in [-0.39, 0.29) is 45.9 Å². The Morgan fingerprint density at radius 2 is 1.66 bits per heavy atom. The average molecular weight is 574 g/mol. The number of Topliss-reactive ketones (excluding diaryl/α,β-unsaturated/α-hetero) is 1. The summed E-state index contributed by atoms with van der Waals surface area (Å²) in [5.41, 5.74) is 0.959. The Morgan fingerprint density at radius 3 is 2.29 bits per heavy atom. The lowest BCUT2D eigenvalue weighted by molar-refractivity contribution is -0.384. The van der Waals surface area contributed by atoms with Gasteiger partial charge in [-0.05, 0) is 53.6 Å². The molecule has 1 aromatic heterocycles. The van der Waals surface area contributed by atoms with Crippen molar-refractivity contribution in [1.82, 2.24) is 9.88 Å². The summed E-state index contributed by atoms with van der Waals surface area (Å²) in [4.78, 5) is 62.0. The molecule has 0 radical (unpaired) electrons. The number of hydrogen-bond donors (Lipinski definition) is 1. The van der Waals surface area contributed by atoms with Crippen LogP contribution in [0.2, 0.25) is 5.02 Å². The van der Waals surface area contributed by atoms with Crippen molar-refractivity contribution in [1.29, 1.82) is 0 Å². The van der Waals surface area contributed by atoms with Crippen molar-refractivity contribution in [3.8, 4) is 11.1 Å². The standard InChI is InChI=1S/C30H24ClN3O7/c1-41-30(38)21-9-7-20(8-10-21)29(37)32-18-27(35)26(15-19-5-3-2-4-6-19)33-14-13-22(16-28(33)36)24-17-23(31)11-12-25(24)34(39)40/h2-14,16-17,26H,15,18H2,1H3,(H,32,37). The maximum Gasteiger partial charge on any atom is 0.337 e. The van der Waals surface area contributed by atoms with Crippen molar-refractivity contribution < 1.29 is 24.0 Å². The Morgan fingerprint density at radius 1 is 0.976 bits per heavy atom. The van der Waals surface area contributed by atoms with Gasteiger partial charge in [-0.2, -0.15) is 0 Å². The Balaban J connectivity index is 1.60. The van der Waals surface area contributed by atoms with Crippen LogP contribution in [0, 0.1) is 10.1 Å². The van der Waals surface area contributed by atoms with E-state index in [2.05, 4.69) is 10.1 Å². The molecule has 0 spiro atoms. The number of benzene rings is 3. The minimum absolute atomic E-state index is 0.167. The summed E-state index contributed by atoms with van der Waals surface area (Å²) in [6, 6.07) is 20.6. The molecule has 0 saturated heterocycles. The summed E-state index contributed by atoms with van der Waals surface area (Å²) in [6.45, 7) is -0.372. The molecular formula is C30H24ClN3O7. The van der Waals surface area contributed by atoms with E-state index >= 15 is 0 Å². The second kappa shape index (κ2) is 12.8. The molecule has 0 saturated carbocycles. The van der Waals surface area contributed by atoms with Crippen molar-refractivity contribution in [2.24, 2.45) is 0 Å². The number of esters is 1. The van der Waals surface area contributed by atoms with Gasteiger partial charge in [0.05, 0.1) is 29.7 Å². The van der Waals surface area contributed by atoms with Crippen molar-refractivity contribution in [3.05, 3.63) is 133 Å². The van der Waals surface area contributed by atoms with E-state index in [1.54, 1.807) is 12.1 Å². The molecule has 1 N–H and O–H groups in total. The predicted octanol–water partition coefficient (Wildman–Crippen LogP) is 4.65. The Bertz CT molecular complexity index is 1670. The first kappa shape index (κ1) is 28.9. The van der Waals surface area contributed by atoms with E-state index in [1.165, 1.54) is 72.5 Å². The van der Waals surface area contributed by atoms with Gasteiger partial charge in [-0.1, -0.05) is 41.9 Å². The smallest absolute Gasteiger partial charge is 0.337 e. The lowest BCUT2D eigenvalue weighted by Gasteiger charge is -2.20. The fourth-order valence-electron chi connectivity index (χ4n) is 4.28. The highest BCUT2D eigenvalue weighted by atomic mass is 35.5. The molecule has 1 atom stereocenters. The first-order chi connectivity index (χ1) is 19.7. The van der Waals surface area contributed by atoms with Crippen LogP contribution in [-0.2, 0) is 16.0 Å². The van der Waals surface area contributed by atoms with Gasteiger partial charge in [0.25, 0.3) is 17.2 Å². The molecule has 41 heavy (non-hydrogen) atoms. The summed E-state index contributed by atoms with van der Waals surface area (Å²) in [6.07, 6.45) is 1.57. The zero-order valence-electron chi connectivity index (χ0n) is 21.8. The minimum atomic E-state index is -0.977. The van der Waals surface area contributed by atoms with Gasteiger partial charge in [0.2, 0.25) is 0 Å². The number of ketones is 1. The van der Waals surface area contributed by atoms with Gasteiger partial charge in [0, 0.05) is 35.3 Å². The third-order valence-corrected chi connectivity index (χ3v) is 6.62. The van der Waals surface area contributed by atoms with Crippen LogP contribution >= 0.6 is 11.6 Å². The third kappa shape index (κ3) is 6.92. The van der Waals surface area contributed by atoms with Gasteiger partial charge < -0.3 is 14.6 Å². The summed E-state index contributed by atoms with van der Waals surface area (Å²) < 4.78 is 5.89. The predicted molar refractivity (Wildman–Crippen MR) is 152 cm³/mol. The molecule has 3 aromatic carbocycles. The SMILES string of the molecule is COC(=O)c1ccc(C(=O)NCC(=O)C(Cc2ccccc2)n2ccc(-c3cc(Cl)ccc3[N+](=O)[O-])cc2=O)cc1. The Kier molecular flexibility index (Phi) is 9.05. The number of nitro groups is 1. The molecule has 4 rings (SSSR count). The fourth-order valence-corrected chi connectivity index (χ4v) is 4.45. The molecule has 0 aliphatic rings. The molecule has 1 amide bonds. The maximum absolute atomic E-state index is 13.4. The molecule has 4 aromatic rings. The molecule has 0 aliphatic carbocycles. The zero-order chi connectivity index (χ0) is 29.5. The molecule has 208 valence electrons. The Labute approximate surface area is 239 Å². The maximum atomic E-state index is 13.4. The number of pyridine rings is 1. The van der Waals surface area contributed by atoms with Crippen LogP contribution in [-0.4, -0.2) is 40.8 Å². The zero-order valence-corrected chi connectivity index (χ0v) is 22.5. The number of carbonyl (C=O) groups excluding carboxylic acids is 3. The van der Waals surface area contributed by atoms with Crippen LogP contribution < -0.4 is 10.9 Å². The quantitative estimate of drug-likeness (QED) is 0.166. The lowest BCUT2D eigenvalue weighted by Crippen LogP contribution is -2.38. The number of carbonyl (C=O) groups is 3. The number of methoxy groups -OCH3 is 1. The lowest BCUT2D eigenvalue weighted by atomic mass is 10.0. The highest BCUT2D eigenvalue weighted by molar-refractivity contribution is 6.31. The number of ether oxygens (including phenoxy) is 1. The number of nitrogens with zero attached hydrogens (tertiary/aromatic N) is 2. The number of aromatic nitrogens is 1. The first-order valence-electron chi connectivity index (χ1n) is 12.4. The summed E-state index contributed by atoms with van der Waals surface area (Å²) in [5, 5.41) is 14.4. The van der Waals surface area contributed by atoms with E-state index in [0.29, 0.717) is 0 Å². The van der Waals surface area contributed by atoms with E-state index < -0.39 is 34.2 Å². The molecule has 0 aliphatic heterocycles.